The van der Waals surface area contributed by atoms with Gasteiger partial charge in [-0.3, -0.25) is 19.7 Å². The summed E-state index contributed by atoms with van der Waals surface area (Å²) < 4.78 is 0. The van der Waals surface area contributed by atoms with E-state index < -0.39 is 11.8 Å². The van der Waals surface area contributed by atoms with Crippen molar-refractivity contribution in [3.05, 3.63) is 10.0 Å². The molecule has 0 unspecified atom stereocenters. The lowest BCUT2D eigenvalue weighted by Gasteiger charge is -2.24. The van der Waals surface area contributed by atoms with Gasteiger partial charge in [-0.25, -0.2) is 4.98 Å². The third kappa shape index (κ3) is 2.05. The molecule has 0 atom stereocenters. The Kier molecular flexibility index (Phi) is 2.88. The Morgan fingerprint density at radius 1 is 1.38 bits per heavy atom. The zero-order valence-electron chi connectivity index (χ0n) is 7.90. The molecular weight excluding hydrogens is 254 g/mol. The Balaban J connectivity index is 2.26. The van der Waals surface area contributed by atoms with E-state index in [2.05, 4.69) is 10.3 Å². The van der Waals surface area contributed by atoms with Crippen molar-refractivity contribution in [3.63, 3.8) is 0 Å². The first-order valence-corrected chi connectivity index (χ1v) is 5.48. The molecule has 1 fully saturated rings. The molecule has 1 aromatic rings. The molecule has 16 heavy (non-hydrogen) atoms. The van der Waals surface area contributed by atoms with Crippen molar-refractivity contribution in [2.75, 3.05) is 18.0 Å². The standard InChI is InChI=1S/C8H6ClN3O3S/c9-7-4(3-13)16-8(11-7)12-1-5(14)10-6(15)2-12/h3H,1-2H2,(H,10,14,15). The summed E-state index contributed by atoms with van der Waals surface area (Å²) >= 11 is 6.75. The Labute approximate surface area is 99.2 Å². The number of imide groups is 1. The molecular formula is C8H6ClN3O3S. The fourth-order valence-electron chi connectivity index (χ4n) is 1.28. The van der Waals surface area contributed by atoms with Gasteiger partial charge in [0.2, 0.25) is 11.8 Å². The number of anilines is 1. The largest absolute Gasteiger partial charge is 0.329 e. The van der Waals surface area contributed by atoms with E-state index >= 15 is 0 Å². The van der Waals surface area contributed by atoms with Gasteiger partial charge in [0.1, 0.15) is 18.0 Å². The Morgan fingerprint density at radius 2 is 2.00 bits per heavy atom. The van der Waals surface area contributed by atoms with Crippen LogP contribution in [0.1, 0.15) is 9.67 Å². The van der Waals surface area contributed by atoms with E-state index in [0.29, 0.717) is 11.4 Å². The molecule has 1 aliphatic rings. The van der Waals surface area contributed by atoms with Crippen LogP contribution >= 0.6 is 22.9 Å². The Hall–Kier alpha value is -1.47. The molecule has 1 N–H and O–H groups in total. The summed E-state index contributed by atoms with van der Waals surface area (Å²) in [7, 11) is 0. The molecule has 1 aliphatic heterocycles. The lowest BCUT2D eigenvalue weighted by atomic mass is 10.4. The minimum atomic E-state index is -0.393. The minimum absolute atomic E-state index is 0.0356. The average Bonchev–Trinajstić information content (AvgIpc) is 2.58. The van der Waals surface area contributed by atoms with Gasteiger partial charge >= 0.3 is 0 Å². The minimum Gasteiger partial charge on any atom is -0.329 e. The van der Waals surface area contributed by atoms with Crippen molar-refractivity contribution in [1.29, 1.82) is 0 Å². The number of amides is 2. The number of piperazine rings is 1. The van der Waals surface area contributed by atoms with Gasteiger partial charge in [0.05, 0.1) is 0 Å². The molecule has 0 saturated carbocycles. The summed E-state index contributed by atoms with van der Waals surface area (Å²) in [5, 5.41) is 2.66. The number of hydrogen-bond donors (Lipinski definition) is 1. The molecule has 8 heteroatoms. The topological polar surface area (TPSA) is 79.4 Å². The first kappa shape index (κ1) is 11.0. The van der Waals surface area contributed by atoms with Crippen molar-refractivity contribution in [1.82, 2.24) is 10.3 Å². The summed E-state index contributed by atoms with van der Waals surface area (Å²) in [6, 6.07) is 0. The highest BCUT2D eigenvalue weighted by atomic mass is 35.5. The van der Waals surface area contributed by atoms with E-state index in [1.807, 2.05) is 0 Å². The normalized spacial score (nSPS) is 16.2. The van der Waals surface area contributed by atoms with E-state index in [0.717, 1.165) is 11.3 Å². The number of aromatic nitrogens is 1. The van der Waals surface area contributed by atoms with Crippen LogP contribution in [0.2, 0.25) is 5.15 Å². The zero-order valence-corrected chi connectivity index (χ0v) is 9.47. The van der Waals surface area contributed by atoms with E-state index in [4.69, 9.17) is 11.6 Å². The van der Waals surface area contributed by atoms with Crippen molar-refractivity contribution in [3.8, 4) is 0 Å². The van der Waals surface area contributed by atoms with Crippen LogP contribution in [0.5, 0.6) is 0 Å². The predicted molar refractivity (Wildman–Crippen MR) is 57.9 cm³/mol. The zero-order chi connectivity index (χ0) is 11.7. The second kappa shape index (κ2) is 4.18. The number of nitrogens with zero attached hydrogens (tertiary/aromatic N) is 2. The van der Waals surface area contributed by atoms with Crippen LogP contribution in [-0.2, 0) is 9.59 Å². The maximum atomic E-state index is 11.1. The number of aldehydes is 1. The maximum Gasteiger partial charge on any atom is 0.246 e. The number of halogens is 1. The Bertz CT molecular complexity index is 457. The molecule has 0 spiro atoms. The van der Waals surface area contributed by atoms with E-state index in [9.17, 15) is 14.4 Å². The third-order valence-corrected chi connectivity index (χ3v) is 3.37. The van der Waals surface area contributed by atoms with Crippen LogP contribution in [0.3, 0.4) is 0 Å². The van der Waals surface area contributed by atoms with E-state index in [1.165, 1.54) is 4.90 Å². The quantitative estimate of drug-likeness (QED) is 0.601. The SMILES string of the molecule is O=Cc1sc(N2CC(=O)NC(=O)C2)nc1Cl. The van der Waals surface area contributed by atoms with Crippen LogP contribution < -0.4 is 10.2 Å². The molecule has 2 amide bonds. The second-order valence-corrected chi connectivity index (χ2v) is 4.46. The predicted octanol–water partition coefficient (Wildman–Crippen LogP) is 0.0718. The summed E-state index contributed by atoms with van der Waals surface area (Å²) in [5.74, 6) is -0.787. The van der Waals surface area contributed by atoms with Crippen molar-refractivity contribution >= 4 is 46.2 Å². The number of hydrogen-bond acceptors (Lipinski definition) is 6. The van der Waals surface area contributed by atoms with Gasteiger partial charge < -0.3 is 4.90 Å². The fraction of sp³-hybridized carbons (Fsp3) is 0.250. The van der Waals surface area contributed by atoms with Crippen LogP contribution in [0.15, 0.2) is 0 Å². The molecule has 0 bridgehead atoms. The molecule has 0 aliphatic carbocycles. The summed E-state index contributed by atoms with van der Waals surface area (Å²) in [6.07, 6.45) is 0.593. The van der Waals surface area contributed by atoms with Crippen LogP contribution in [0.25, 0.3) is 0 Å². The summed E-state index contributed by atoms with van der Waals surface area (Å²) in [5.41, 5.74) is 0. The number of carbonyl (C=O) groups is 3. The molecule has 84 valence electrons. The van der Waals surface area contributed by atoms with Crippen molar-refractivity contribution < 1.29 is 14.4 Å². The lowest BCUT2D eigenvalue weighted by molar-refractivity contribution is -0.130. The number of nitrogens with one attached hydrogen (secondary N) is 1. The van der Waals surface area contributed by atoms with Gasteiger partial charge in [-0.15, -0.1) is 0 Å². The fourth-order valence-corrected chi connectivity index (χ4v) is 2.34. The highest BCUT2D eigenvalue weighted by Gasteiger charge is 2.25. The van der Waals surface area contributed by atoms with Crippen molar-refractivity contribution in [2.24, 2.45) is 0 Å². The molecule has 2 heterocycles. The highest BCUT2D eigenvalue weighted by Crippen LogP contribution is 2.28. The van der Waals surface area contributed by atoms with Gasteiger partial charge in [-0.05, 0) is 0 Å². The molecule has 6 nitrogen and oxygen atoms in total. The van der Waals surface area contributed by atoms with Gasteiger partial charge in [0, 0.05) is 0 Å². The number of rotatable bonds is 2. The lowest BCUT2D eigenvalue weighted by Crippen LogP contribution is -2.51. The smallest absolute Gasteiger partial charge is 0.246 e. The molecule has 1 aromatic heterocycles. The van der Waals surface area contributed by atoms with Gasteiger partial charge in [-0.2, -0.15) is 0 Å². The summed E-state index contributed by atoms with van der Waals surface area (Å²) in [4.78, 5) is 38.5. The van der Waals surface area contributed by atoms with Gasteiger partial charge in [0.25, 0.3) is 0 Å². The first-order chi connectivity index (χ1) is 7.60. The van der Waals surface area contributed by atoms with E-state index in [1.54, 1.807) is 0 Å². The van der Waals surface area contributed by atoms with Gasteiger partial charge in [0.15, 0.2) is 16.6 Å². The van der Waals surface area contributed by atoms with Crippen LogP contribution in [-0.4, -0.2) is 36.2 Å². The number of carbonyl (C=O) groups excluding carboxylic acids is 3. The first-order valence-electron chi connectivity index (χ1n) is 4.29. The molecule has 0 aromatic carbocycles. The van der Waals surface area contributed by atoms with Gasteiger partial charge in [-0.1, -0.05) is 22.9 Å². The summed E-state index contributed by atoms with van der Waals surface area (Å²) in [6.45, 7) is 0.0712. The van der Waals surface area contributed by atoms with Crippen LogP contribution in [0, 0.1) is 0 Å². The molecule has 1 saturated heterocycles. The Morgan fingerprint density at radius 3 is 2.50 bits per heavy atom. The third-order valence-electron chi connectivity index (χ3n) is 1.92. The second-order valence-electron chi connectivity index (χ2n) is 3.10. The number of thiazole rings is 1. The van der Waals surface area contributed by atoms with Crippen molar-refractivity contribution in [2.45, 2.75) is 0 Å². The van der Waals surface area contributed by atoms with Crippen LogP contribution in [0.4, 0.5) is 5.13 Å². The molecule has 0 radical (unpaired) electrons. The van der Waals surface area contributed by atoms with E-state index in [-0.39, 0.29) is 23.1 Å². The monoisotopic (exact) mass is 259 g/mol. The average molecular weight is 260 g/mol. The maximum absolute atomic E-state index is 11.1. The molecule has 2 rings (SSSR count). The highest BCUT2D eigenvalue weighted by molar-refractivity contribution is 7.17.